The summed E-state index contributed by atoms with van der Waals surface area (Å²) in [5.74, 6) is 0.399. The zero-order chi connectivity index (χ0) is 21.2. The van der Waals surface area contributed by atoms with Crippen molar-refractivity contribution in [1.82, 2.24) is 20.3 Å². The fraction of sp³-hybridized carbons (Fsp3) is 0.444. The van der Waals surface area contributed by atoms with Gasteiger partial charge in [-0.3, -0.25) is 4.79 Å². The molecule has 1 saturated heterocycles. The number of hydrogen-bond acceptors (Lipinski definition) is 7. The molecular formula is C18H21F3N6OS. The number of pyridine rings is 1. The molecule has 1 fully saturated rings. The number of carbonyl (C=O) groups excluding carboxylic acids is 1. The van der Waals surface area contributed by atoms with Gasteiger partial charge in [0.1, 0.15) is 22.8 Å². The number of thiophene rings is 1. The fourth-order valence-corrected chi connectivity index (χ4v) is 4.38. The van der Waals surface area contributed by atoms with E-state index in [1.54, 1.807) is 4.90 Å². The summed E-state index contributed by atoms with van der Waals surface area (Å²) in [4.78, 5) is 24.9. The predicted octanol–water partition coefficient (Wildman–Crippen LogP) is 3.58. The van der Waals surface area contributed by atoms with Crippen molar-refractivity contribution in [3.05, 3.63) is 18.0 Å². The Kier molecular flexibility index (Phi) is 6.06. The van der Waals surface area contributed by atoms with E-state index >= 15 is 0 Å². The van der Waals surface area contributed by atoms with Gasteiger partial charge < -0.3 is 16.0 Å². The van der Waals surface area contributed by atoms with Crippen molar-refractivity contribution in [3.63, 3.8) is 0 Å². The Balaban J connectivity index is 0.00000117. The van der Waals surface area contributed by atoms with E-state index in [0.717, 1.165) is 23.7 Å². The van der Waals surface area contributed by atoms with Gasteiger partial charge in [0.25, 0.3) is 0 Å². The molecule has 0 radical (unpaired) electrons. The maximum atomic E-state index is 13.8. The van der Waals surface area contributed by atoms with E-state index in [0.29, 0.717) is 37.0 Å². The van der Waals surface area contributed by atoms with Crippen molar-refractivity contribution in [3.8, 4) is 0 Å². The van der Waals surface area contributed by atoms with Gasteiger partial charge in [-0.15, -0.1) is 11.3 Å². The van der Waals surface area contributed by atoms with Gasteiger partial charge in [-0.2, -0.15) is 13.2 Å². The molecule has 3 aromatic heterocycles. The van der Waals surface area contributed by atoms with Crippen molar-refractivity contribution in [1.29, 1.82) is 0 Å². The highest BCUT2D eigenvalue weighted by Gasteiger charge is 2.36. The van der Waals surface area contributed by atoms with Crippen molar-refractivity contribution >= 4 is 49.8 Å². The first kappa shape index (κ1) is 21.0. The van der Waals surface area contributed by atoms with Crippen LogP contribution in [0.3, 0.4) is 0 Å². The summed E-state index contributed by atoms with van der Waals surface area (Å²) in [7, 11) is 0. The molecule has 29 heavy (non-hydrogen) atoms. The van der Waals surface area contributed by atoms with Crippen molar-refractivity contribution in [2.24, 2.45) is 0 Å². The van der Waals surface area contributed by atoms with Crippen LogP contribution in [-0.4, -0.2) is 40.5 Å². The van der Waals surface area contributed by atoms with Gasteiger partial charge in [0.2, 0.25) is 6.41 Å². The van der Waals surface area contributed by atoms with E-state index in [4.69, 9.17) is 5.73 Å². The first-order chi connectivity index (χ1) is 13.9. The van der Waals surface area contributed by atoms with Crippen LogP contribution in [0.1, 0.15) is 32.3 Å². The van der Waals surface area contributed by atoms with Gasteiger partial charge in [-0.1, -0.05) is 13.8 Å². The zero-order valence-electron chi connectivity index (χ0n) is 16.0. The van der Waals surface area contributed by atoms with E-state index in [1.807, 2.05) is 13.8 Å². The second-order valence-electron chi connectivity index (χ2n) is 6.29. The monoisotopic (exact) mass is 426 g/mol. The minimum absolute atomic E-state index is 0.0315. The lowest BCUT2D eigenvalue weighted by Crippen LogP contribution is -2.42. The number of rotatable bonds is 3. The minimum Gasteiger partial charge on any atom is -0.382 e. The zero-order valence-corrected chi connectivity index (χ0v) is 16.8. The first-order valence-electron chi connectivity index (χ1n) is 9.24. The number of halogens is 3. The number of nitrogens with one attached hydrogen (secondary N) is 1. The van der Waals surface area contributed by atoms with Crippen LogP contribution in [0.5, 0.6) is 0 Å². The van der Waals surface area contributed by atoms with Crippen LogP contribution in [0.25, 0.3) is 20.4 Å². The van der Waals surface area contributed by atoms with Crippen LogP contribution in [0.2, 0.25) is 0 Å². The third kappa shape index (κ3) is 4.04. The van der Waals surface area contributed by atoms with Gasteiger partial charge in [0, 0.05) is 19.1 Å². The largest absolute Gasteiger partial charge is 0.417 e. The number of piperidine rings is 1. The summed E-state index contributed by atoms with van der Waals surface area (Å²) < 4.78 is 41.7. The topological polar surface area (TPSA) is 97.0 Å². The predicted molar refractivity (Wildman–Crippen MR) is 108 cm³/mol. The molecule has 0 saturated carbocycles. The quantitative estimate of drug-likeness (QED) is 0.622. The van der Waals surface area contributed by atoms with Gasteiger partial charge in [0.15, 0.2) is 0 Å². The molecule has 156 valence electrons. The summed E-state index contributed by atoms with van der Waals surface area (Å²) in [5.41, 5.74) is 5.20. The van der Waals surface area contributed by atoms with E-state index in [2.05, 4.69) is 20.3 Å². The average molecular weight is 426 g/mol. The maximum absolute atomic E-state index is 13.8. The molecule has 1 aliphatic heterocycles. The number of fused-ring (bicyclic) bond motifs is 3. The Hall–Kier alpha value is -2.69. The Bertz CT molecular complexity index is 1010. The number of nitrogen functional groups attached to an aromatic ring is 1. The second-order valence-corrected chi connectivity index (χ2v) is 7.29. The molecule has 4 rings (SSSR count). The lowest BCUT2D eigenvalue weighted by molar-refractivity contribution is -0.136. The van der Waals surface area contributed by atoms with Crippen LogP contribution in [0, 0.1) is 0 Å². The summed E-state index contributed by atoms with van der Waals surface area (Å²) in [5, 5.41) is 2.67. The Morgan fingerprint density at radius 3 is 2.59 bits per heavy atom. The van der Waals surface area contributed by atoms with Crippen molar-refractivity contribution in [2.75, 3.05) is 23.7 Å². The molecule has 3 N–H and O–H groups in total. The summed E-state index contributed by atoms with van der Waals surface area (Å²) in [6.45, 7) is 5.02. The normalized spacial score (nSPS) is 15.3. The number of alkyl halides is 3. The fourth-order valence-electron chi connectivity index (χ4n) is 3.33. The highest BCUT2D eigenvalue weighted by atomic mass is 32.1. The molecule has 4 heterocycles. The van der Waals surface area contributed by atoms with Crippen LogP contribution >= 0.6 is 11.3 Å². The second kappa shape index (κ2) is 8.36. The van der Waals surface area contributed by atoms with E-state index in [9.17, 15) is 18.0 Å². The van der Waals surface area contributed by atoms with Gasteiger partial charge in [-0.25, -0.2) is 15.0 Å². The molecule has 11 heteroatoms. The Labute approximate surface area is 169 Å². The molecule has 1 aliphatic rings. The highest BCUT2D eigenvalue weighted by molar-refractivity contribution is 7.26. The van der Waals surface area contributed by atoms with Gasteiger partial charge >= 0.3 is 6.18 Å². The van der Waals surface area contributed by atoms with Crippen LogP contribution in [-0.2, 0) is 11.0 Å². The molecule has 0 aliphatic carbocycles. The number of anilines is 2. The number of nitrogens with two attached hydrogens (primary N) is 1. The third-order valence-electron chi connectivity index (χ3n) is 4.67. The van der Waals surface area contributed by atoms with Crippen LogP contribution in [0.4, 0.5) is 24.8 Å². The van der Waals surface area contributed by atoms with Gasteiger partial charge in [-0.05, 0) is 18.9 Å². The smallest absolute Gasteiger partial charge is 0.382 e. The van der Waals surface area contributed by atoms with E-state index in [1.165, 1.54) is 0 Å². The number of hydrogen-bond donors (Lipinski definition) is 2. The molecule has 0 spiro atoms. The lowest BCUT2D eigenvalue weighted by Gasteiger charge is -2.32. The molecule has 0 bridgehead atoms. The van der Waals surface area contributed by atoms with E-state index < -0.39 is 11.7 Å². The minimum atomic E-state index is -4.55. The lowest BCUT2D eigenvalue weighted by atomic mass is 10.0. The summed E-state index contributed by atoms with van der Waals surface area (Å²) in [6, 6.07) is 1.10. The molecule has 3 aromatic rings. The number of carbonyl (C=O) groups is 1. The summed E-state index contributed by atoms with van der Waals surface area (Å²) >= 11 is 1.06. The molecular weight excluding hydrogens is 405 g/mol. The summed E-state index contributed by atoms with van der Waals surface area (Å²) in [6.07, 6.45) is -1.46. The van der Waals surface area contributed by atoms with Gasteiger partial charge in [0.05, 0.1) is 21.2 Å². The highest BCUT2D eigenvalue weighted by Crippen LogP contribution is 2.43. The van der Waals surface area contributed by atoms with Crippen molar-refractivity contribution < 1.29 is 18.0 Å². The van der Waals surface area contributed by atoms with Crippen LogP contribution < -0.4 is 16.0 Å². The SMILES string of the molecule is CC.Nc1ncnc2c1sc1nc(N3CCC(NC=O)CC3)cc(C(F)(F)F)c12. The first-order valence-corrected chi connectivity index (χ1v) is 10.1. The maximum Gasteiger partial charge on any atom is 0.417 e. The standard InChI is InChI=1S/C16H15F3N6OS.C2H6/c17-16(18,19)9-5-10(25-3-1-8(2-4-25)23-7-26)24-15-11(9)12-13(27-15)14(20)22-6-21-12;1-2/h5-8H,1-4H2,(H,23,26)(H2,20,21,22);1-2H3. The molecule has 7 nitrogen and oxygen atoms in total. The molecule has 0 atom stereocenters. The molecule has 1 amide bonds. The molecule has 0 aromatic carbocycles. The number of amides is 1. The van der Waals surface area contributed by atoms with Crippen molar-refractivity contribution in [2.45, 2.75) is 38.9 Å². The Morgan fingerprint density at radius 2 is 1.97 bits per heavy atom. The Morgan fingerprint density at radius 1 is 1.28 bits per heavy atom. The van der Waals surface area contributed by atoms with E-state index in [-0.39, 0.29) is 33.4 Å². The number of nitrogens with zero attached hydrogens (tertiary/aromatic N) is 4. The van der Waals surface area contributed by atoms with Crippen LogP contribution in [0.15, 0.2) is 12.4 Å². The average Bonchev–Trinajstić information content (AvgIpc) is 3.09. The number of aromatic nitrogens is 3. The third-order valence-corrected chi connectivity index (χ3v) is 5.76. The molecule has 0 unspecified atom stereocenters.